The van der Waals surface area contributed by atoms with Gasteiger partial charge in [0.05, 0.1) is 6.04 Å². The maximum atomic E-state index is 13.3. The van der Waals surface area contributed by atoms with Crippen LogP contribution >= 0.6 is 12.6 Å². The first-order chi connectivity index (χ1) is 18.5. The van der Waals surface area contributed by atoms with Gasteiger partial charge < -0.3 is 49.1 Å². The third-order valence-corrected chi connectivity index (χ3v) is 6.06. The summed E-state index contributed by atoms with van der Waals surface area (Å²) in [4.78, 5) is 54.2. The van der Waals surface area contributed by atoms with Crippen molar-refractivity contribution in [1.82, 2.24) is 16.0 Å². The van der Waals surface area contributed by atoms with Crippen molar-refractivity contribution in [1.29, 1.82) is 0 Å². The minimum absolute atomic E-state index is 0.0281. The van der Waals surface area contributed by atoms with Gasteiger partial charge >= 0.3 is 5.97 Å². The monoisotopic (exact) mass is 568 g/mol. The van der Waals surface area contributed by atoms with Gasteiger partial charge in [-0.25, -0.2) is 4.79 Å². The highest BCUT2D eigenvalue weighted by atomic mass is 32.1. The number of nitrogens with two attached hydrogens (primary N) is 4. The number of thiol groups is 1. The SMILES string of the molecule is NCCCCC(NC(=O)C(Cc1ccc(O)cc1)NC(=O)C(N)CCCN=C(N)N)C(=O)NC(CS)C(=O)O. The first kappa shape index (κ1) is 33.5. The van der Waals surface area contributed by atoms with Crippen LogP contribution in [0.2, 0.25) is 0 Å². The summed E-state index contributed by atoms with van der Waals surface area (Å²) in [5.41, 5.74) is 22.7. The van der Waals surface area contributed by atoms with Crippen molar-refractivity contribution < 1.29 is 29.4 Å². The zero-order valence-electron chi connectivity index (χ0n) is 21.7. The number of phenolic OH excluding ortho intramolecular Hbond substituents is 1. The van der Waals surface area contributed by atoms with Crippen molar-refractivity contribution in [3.63, 3.8) is 0 Å². The maximum absolute atomic E-state index is 13.3. The summed E-state index contributed by atoms with van der Waals surface area (Å²) in [6.07, 6.45) is 1.98. The number of phenols is 1. The highest BCUT2D eigenvalue weighted by molar-refractivity contribution is 7.80. The summed E-state index contributed by atoms with van der Waals surface area (Å²) >= 11 is 3.95. The highest BCUT2D eigenvalue weighted by Gasteiger charge is 2.30. The van der Waals surface area contributed by atoms with E-state index >= 15 is 0 Å². The second kappa shape index (κ2) is 17.9. The van der Waals surface area contributed by atoms with Gasteiger partial charge in [0, 0.05) is 18.7 Å². The molecule has 1 aromatic carbocycles. The van der Waals surface area contributed by atoms with E-state index in [2.05, 4.69) is 33.6 Å². The first-order valence-electron chi connectivity index (χ1n) is 12.5. The Kier molecular flexibility index (Phi) is 15.3. The quantitative estimate of drug-likeness (QED) is 0.0399. The predicted molar refractivity (Wildman–Crippen MR) is 150 cm³/mol. The van der Waals surface area contributed by atoms with Crippen molar-refractivity contribution in [2.75, 3.05) is 18.8 Å². The number of aliphatic imine (C=N–C) groups is 1. The molecular formula is C24H40N8O6S. The van der Waals surface area contributed by atoms with Crippen LogP contribution in [0.3, 0.4) is 0 Å². The van der Waals surface area contributed by atoms with E-state index in [1.807, 2.05) is 0 Å². The summed E-state index contributed by atoms with van der Waals surface area (Å²) in [5, 5.41) is 26.5. The maximum Gasteiger partial charge on any atom is 0.327 e. The molecule has 14 nitrogen and oxygen atoms in total. The van der Waals surface area contributed by atoms with E-state index in [0.717, 1.165) is 0 Å². The van der Waals surface area contributed by atoms with E-state index in [0.29, 0.717) is 31.4 Å². The molecule has 0 aliphatic carbocycles. The number of carbonyl (C=O) groups is 4. The first-order valence-corrected chi connectivity index (χ1v) is 13.1. The van der Waals surface area contributed by atoms with E-state index in [1.54, 1.807) is 12.1 Å². The average molecular weight is 569 g/mol. The van der Waals surface area contributed by atoms with Crippen molar-refractivity contribution in [2.45, 2.75) is 62.7 Å². The number of aliphatic carboxylic acids is 1. The van der Waals surface area contributed by atoms with Gasteiger partial charge in [-0.05, 0) is 56.3 Å². The van der Waals surface area contributed by atoms with Gasteiger partial charge in [-0.2, -0.15) is 12.6 Å². The summed E-state index contributed by atoms with van der Waals surface area (Å²) < 4.78 is 0. The van der Waals surface area contributed by atoms with Crippen molar-refractivity contribution in [3.8, 4) is 5.75 Å². The number of nitrogens with zero attached hydrogens (tertiary/aromatic N) is 1. The highest BCUT2D eigenvalue weighted by Crippen LogP contribution is 2.12. The molecule has 15 heteroatoms. The van der Waals surface area contributed by atoms with Gasteiger partial charge in [-0.3, -0.25) is 19.4 Å². The van der Waals surface area contributed by atoms with Crippen LogP contribution in [-0.4, -0.2) is 82.9 Å². The van der Waals surface area contributed by atoms with Crippen LogP contribution in [0.5, 0.6) is 5.75 Å². The number of benzene rings is 1. The Hall–Kier alpha value is -3.56. The molecule has 0 aromatic heterocycles. The second-order valence-electron chi connectivity index (χ2n) is 8.91. The molecule has 1 rings (SSSR count). The lowest BCUT2D eigenvalue weighted by atomic mass is 10.0. The lowest BCUT2D eigenvalue weighted by Gasteiger charge is -2.25. The molecule has 0 saturated heterocycles. The molecule has 0 aliphatic rings. The van der Waals surface area contributed by atoms with Crippen LogP contribution in [0, 0.1) is 0 Å². The van der Waals surface area contributed by atoms with Crippen LogP contribution < -0.4 is 38.9 Å². The Bertz CT molecular complexity index is 974. The number of hydrogen-bond acceptors (Lipinski definition) is 9. The molecule has 4 unspecified atom stereocenters. The van der Waals surface area contributed by atoms with Gasteiger partial charge in [-0.1, -0.05) is 12.1 Å². The lowest BCUT2D eigenvalue weighted by molar-refractivity contribution is -0.141. The molecular weight excluding hydrogens is 528 g/mol. The van der Waals surface area contributed by atoms with E-state index in [1.165, 1.54) is 12.1 Å². The van der Waals surface area contributed by atoms with Crippen LogP contribution in [0.25, 0.3) is 0 Å². The number of hydrogen-bond donors (Lipinski definition) is 10. The number of carboxylic acids is 1. The second-order valence-corrected chi connectivity index (χ2v) is 9.28. The number of rotatable bonds is 18. The van der Waals surface area contributed by atoms with E-state index in [9.17, 15) is 29.4 Å². The zero-order chi connectivity index (χ0) is 29.4. The Morgan fingerprint density at radius 3 is 2.03 bits per heavy atom. The molecule has 0 bridgehead atoms. The molecule has 0 fully saturated rings. The molecule has 4 atom stereocenters. The summed E-state index contributed by atoms with van der Waals surface area (Å²) in [6.45, 7) is 0.654. The fraction of sp³-hybridized carbons (Fsp3) is 0.542. The molecule has 3 amide bonds. The van der Waals surface area contributed by atoms with Crippen molar-refractivity contribution in [3.05, 3.63) is 29.8 Å². The van der Waals surface area contributed by atoms with Crippen LogP contribution in [-0.2, 0) is 25.6 Å². The standard InChI is InChI=1S/C24H40N8O6S/c25-10-2-1-5-17(21(35)32-19(13-39)23(37)38)30-22(36)18(12-14-6-8-15(33)9-7-14)31-20(34)16(26)4-3-11-29-24(27)28/h6-9,16-19,33,39H,1-5,10-13,25-26H2,(H,30,36)(H,31,34)(H,32,35)(H,37,38)(H4,27,28,29). The number of nitrogens with one attached hydrogen (secondary N) is 3. The van der Waals surface area contributed by atoms with Crippen molar-refractivity contribution in [2.24, 2.45) is 27.9 Å². The smallest absolute Gasteiger partial charge is 0.327 e. The Morgan fingerprint density at radius 1 is 0.872 bits per heavy atom. The minimum Gasteiger partial charge on any atom is -0.508 e. The van der Waals surface area contributed by atoms with E-state index in [-0.39, 0.29) is 43.3 Å². The molecule has 1 aromatic rings. The van der Waals surface area contributed by atoms with Crippen LogP contribution in [0.1, 0.15) is 37.7 Å². The number of carbonyl (C=O) groups excluding carboxylic acids is 3. The summed E-state index contributed by atoms with van der Waals surface area (Å²) in [5.74, 6) is -3.43. The van der Waals surface area contributed by atoms with Gasteiger partial charge in [0.2, 0.25) is 17.7 Å². The average Bonchev–Trinajstić information content (AvgIpc) is 2.89. The topological polar surface area (TPSA) is 261 Å². The minimum atomic E-state index is -1.27. The van der Waals surface area contributed by atoms with Crippen LogP contribution in [0.4, 0.5) is 0 Å². The number of carboxylic acid groups (broad SMARTS) is 1. The summed E-state index contributed by atoms with van der Waals surface area (Å²) in [7, 11) is 0. The largest absolute Gasteiger partial charge is 0.508 e. The molecule has 39 heavy (non-hydrogen) atoms. The van der Waals surface area contributed by atoms with Crippen LogP contribution in [0.15, 0.2) is 29.3 Å². The Morgan fingerprint density at radius 2 is 1.46 bits per heavy atom. The summed E-state index contributed by atoms with van der Waals surface area (Å²) in [6, 6.07) is 1.64. The molecule has 0 heterocycles. The number of unbranched alkanes of at least 4 members (excludes halogenated alkanes) is 1. The lowest BCUT2D eigenvalue weighted by Crippen LogP contribution is -2.57. The Balaban J connectivity index is 3.06. The normalized spacial score (nSPS) is 13.8. The fourth-order valence-corrected chi connectivity index (χ4v) is 3.75. The molecule has 13 N–H and O–H groups in total. The molecule has 0 aliphatic heterocycles. The Labute approximate surface area is 232 Å². The van der Waals surface area contributed by atoms with E-state index < -0.39 is 47.9 Å². The van der Waals surface area contributed by atoms with Crippen molar-refractivity contribution >= 4 is 42.3 Å². The number of amides is 3. The van der Waals surface area contributed by atoms with Gasteiger partial charge in [0.25, 0.3) is 0 Å². The molecule has 218 valence electrons. The number of guanidine groups is 1. The third-order valence-electron chi connectivity index (χ3n) is 5.69. The van der Waals surface area contributed by atoms with E-state index in [4.69, 9.17) is 22.9 Å². The fourth-order valence-electron chi connectivity index (χ4n) is 3.50. The van der Waals surface area contributed by atoms with Gasteiger partial charge in [-0.15, -0.1) is 0 Å². The molecule has 0 radical (unpaired) electrons. The number of aromatic hydroxyl groups is 1. The third kappa shape index (κ3) is 13.2. The molecule has 0 spiro atoms. The zero-order valence-corrected chi connectivity index (χ0v) is 22.6. The molecule has 0 saturated carbocycles. The van der Waals surface area contributed by atoms with Gasteiger partial charge in [0.15, 0.2) is 5.96 Å². The van der Waals surface area contributed by atoms with Gasteiger partial charge in [0.1, 0.15) is 23.9 Å². The predicted octanol–water partition coefficient (Wildman–Crippen LogP) is -2.09.